The summed E-state index contributed by atoms with van der Waals surface area (Å²) >= 11 is 1.27. The molecular formula is C19H19N5O2S. The summed E-state index contributed by atoms with van der Waals surface area (Å²) in [5, 5.41) is 13.3. The standard InChI is InChI=1S/C19H19N5O2S/c1-13-6-2-3-11-23(13)18-17(24(25)26)19(22-12-21-18)27-15-9-4-7-14-8-5-10-20-16(14)15/h4-5,7-10,12-13H,2-3,6,11H2,1H3. The van der Waals surface area contributed by atoms with Crippen LogP contribution in [0.25, 0.3) is 10.9 Å². The highest BCUT2D eigenvalue weighted by Gasteiger charge is 2.31. The summed E-state index contributed by atoms with van der Waals surface area (Å²) in [5.41, 5.74) is 0.787. The number of pyridine rings is 1. The number of nitrogens with zero attached hydrogens (tertiary/aromatic N) is 5. The monoisotopic (exact) mass is 381 g/mol. The predicted molar refractivity (Wildman–Crippen MR) is 105 cm³/mol. The van der Waals surface area contributed by atoms with Gasteiger partial charge in [-0.05, 0) is 38.3 Å². The first-order chi connectivity index (χ1) is 13.1. The lowest BCUT2D eigenvalue weighted by Crippen LogP contribution is -2.38. The van der Waals surface area contributed by atoms with Crippen LogP contribution in [0, 0.1) is 10.1 Å². The van der Waals surface area contributed by atoms with Crippen molar-refractivity contribution in [3.63, 3.8) is 0 Å². The van der Waals surface area contributed by atoms with Crippen LogP contribution in [-0.2, 0) is 0 Å². The third kappa shape index (κ3) is 3.44. The van der Waals surface area contributed by atoms with E-state index in [9.17, 15) is 10.1 Å². The molecule has 138 valence electrons. The molecule has 0 amide bonds. The van der Waals surface area contributed by atoms with E-state index in [1.165, 1.54) is 18.1 Å². The van der Waals surface area contributed by atoms with Crippen molar-refractivity contribution in [3.05, 3.63) is 53.0 Å². The average molecular weight is 381 g/mol. The summed E-state index contributed by atoms with van der Waals surface area (Å²) in [6.07, 6.45) is 6.31. The topological polar surface area (TPSA) is 85.0 Å². The number of anilines is 1. The first-order valence-electron chi connectivity index (χ1n) is 8.93. The van der Waals surface area contributed by atoms with E-state index in [0.29, 0.717) is 10.8 Å². The Kier molecular flexibility index (Phi) is 4.89. The van der Waals surface area contributed by atoms with Crippen LogP contribution >= 0.6 is 11.8 Å². The van der Waals surface area contributed by atoms with Gasteiger partial charge in [-0.15, -0.1) is 0 Å². The second-order valence-corrected chi connectivity index (χ2v) is 7.61. The van der Waals surface area contributed by atoms with E-state index in [2.05, 4.69) is 21.9 Å². The number of fused-ring (bicyclic) bond motifs is 1. The highest BCUT2D eigenvalue weighted by molar-refractivity contribution is 7.99. The molecule has 8 heteroatoms. The van der Waals surface area contributed by atoms with Gasteiger partial charge in [0.1, 0.15) is 6.33 Å². The molecular weight excluding hydrogens is 362 g/mol. The summed E-state index contributed by atoms with van der Waals surface area (Å²) in [6.45, 7) is 2.87. The second-order valence-electron chi connectivity index (χ2n) is 6.58. The maximum absolute atomic E-state index is 11.9. The zero-order valence-corrected chi connectivity index (χ0v) is 15.7. The fraction of sp³-hybridized carbons (Fsp3) is 0.316. The Morgan fingerprint density at radius 3 is 2.85 bits per heavy atom. The van der Waals surface area contributed by atoms with E-state index < -0.39 is 0 Å². The van der Waals surface area contributed by atoms with Gasteiger partial charge in [0.15, 0.2) is 5.03 Å². The number of hydrogen-bond donors (Lipinski definition) is 0. The largest absolute Gasteiger partial charge is 0.348 e. The second kappa shape index (κ2) is 7.48. The molecule has 1 aliphatic rings. The van der Waals surface area contributed by atoms with Crippen LogP contribution < -0.4 is 4.90 Å². The Morgan fingerprint density at radius 2 is 2.04 bits per heavy atom. The minimum absolute atomic E-state index is 0.0239. The SMILES string of the molecule is CC1CCCCN1c1ncnc(Sc2cccc3cccnc23)c1[N+](=O)[O-]. The zero-order valence-electron chi connectivity index (χ0n) is 14.9. The van der Waals surface area contributed by atoms with Crippen LogP contribution in [0.4, 0.5) is 11.5 Å². The number of hydrogen-bond acceptors (Lipinski definition) is 7. The van der Waals surface area contributed by atoms with Crippen molar-refractivity contribution in [1.82, 2.24) is 15.0 Å². The van der Waals surface area contributed by atoms with E-state index in [1.807, 2.05) is 35.2 Å². The summed E-state index contributed by atoms with van der Waals surface area (Å²) in [6, 6.07) is 9.88. The van der Waals surface area contributed by atoms with Gasteiger partial charge >= 0.3 is 5.69 Å². The zero-order chi connectivity index (χ0) is 18.8. The summed E-state index contributed by atoms with van der Waals surface area (Å²) < 4.78 is 0. The Morgan fingerprint density at radius 1 is 1.19 bits per heavy atom. The van der Waals surface area contributed by atoms with Crippen molar-refractivity contribution < 1.29 is 4.92 Å². The maximum Gasteiger partial charge on any atom is 0.343 e. The van der Waals surface area contributed by atoms with Crippen LogP contribution in [-0.4, -0.2) is 32.5 Å². The third-order valence-corrected chi connectivity index (χ3v) is 5.87. The summed E-state index contributed by atoms with van der Waals surface area (Å²) in [7, 11) is 0. The van der Waals surface area contributed by atoms with Crippen LogP contribution in [0.2, 0.25) is 0 Å². The van der Waals surface area contributed by atoms with E-state index >= 15 is 0 Å². The number of piperidine rings is 1. The molecule has 1 atom stereocenters. The molecule has 0 aliphatic carbocycles. The van der Waals surface area contributed by atoms with E-state index in [1.54, 1.807) is 6.20 Å². The number of nitro groups is 1. The first kappa shape index (κ1) is 17.7. The molecule has 1 saturated heterocycles. The number of rotatable bonds is 4. The minimum atomic E-state index is -0.364. The summed E-state index contributed by atoms with van der Waals surface area (Å²) in [4.78, 5) is 27.4. The molecule has 1 aliphatic heterocycles. The first-order valence-corrected chi connectivity index (χ1v) is 9.74. The third-order valence-electron chi connectivity index (χ3n) is 4.83. The highest BCUT2D eigenvalue weighted by Crippen LogP contribution is 2.41. The van der Waals surface area contributed by atoms with Crippen molar-refractivity contribution in [1.29, 1.82) is 0 Å². The fourth-order valence-corrected chi connectivity index (χ4v) is 4.46. The van der Waals surface area contributed by atoms with Crippen molar-refractivity contribution in [2.75, 3.05) is 11.4 Å². The van der Waals surface area contributed by atoms with Crippen molar-refractivity contribution in [3.8, 4) is 0 Å². The van der Waals surface area contributed by atoms with E-state index in [4.69, 9.17) is 0 Å². The van der Waals surface area contributed by atoms with Gasteiger partial charge in [0.25, 0.3) is 0 Å². The number of aromatic nitrogens is 3. The molecule has 0 bridgehead atoms. The summed E-state index contributed by atoms with van der Waals surface area (Å²) in [5.74, 6) is 0.415. The van der Waals surface area contributed by atoms with Gasteiger partial charge in [-0.2, -0.15) is 0 Å². The van der Waals surface area contributed by atoms with Gasteiger partial charge in [0.2, 0.25) is 5.82 Å². The molecule has 1 aromatic carbocycles. The molecule has 7 nitrogen and oxygen atoms in total. The maximum atomic E-state index is 11.9. The molecule has 0 spiro atoms. The predicted octanol–water partition coefficient (Wildman–Crippen LogP) is 4.46. The smallest absolute Gasteiger partial charge is 0.343 e. The fourth-order valence-electron chi connectivity index (χ4n) is 3.47. The molecule has 4 rings (SSSR count). The van der Waals surface area contributed by atoms with Crippen LogP contribution in [0.1, 0.15) is 26.2 Å². The van der Waals surface area contributed by atoms with Crippen LogP contribution in [0.15, 0.2) is 52.8 Å². The van der Waals surface area contributed by atoms with Crippen molar-refractivity contribution >= 4 is 34.2 Å². The molecule has 1 fully saturated rings. The van der Waals surface area contributed by atoms with Crippen molar-refractivity contribution in [2.45, 2.75) is 42.1 Å². The van der Waals surface area contributed by atoms with Gasteiger partial charge in [0, 0.05) is 29.1 Å². The highest BCUT2D eigenvalue weighted by atomic mass is 32.2. The van der Waals surface area contributed by atoms with Gasteiger partial charge in [0.05, 0.1) is 10.4 Å². The van der Waals surface area contributed by atoms with Crippen molar-refractivity contribution in [2.24, 2.45) is 0 Å². The van der Waals surface area contributed by atoms with Gasteiger partial charge in [-0.3, -0.25) is 15.1 Å². The Bertz CT molecular complexity index is 992. The lowest BCUT2D eigenvalue weighted by Gasteiger charge is -2.33. The average Bonchev–Trinajstić information content (AvgIpc) is 2.68. The Labute approximate surface area is 161 Å². The molecule has 27 heavy (non-hydrogen) atoms. The Hall–Kier alpha value is -2.74. The normalized spacial score (nSPS) is 17.2. The lowest BCUT2D eigenvalue weighted by atomic mass is 10.0. The van der Waals surface area contributed by atoms with Gasteiger partial charge < -0.3 is 4.90 Å². The van der Waals surface area contributed by atoms with E-state index in [0.717, 1.165) is 41.6 Å². The quantitative estimate of drug-likeness (QED) is 0.374. The van der Waals surface area contributed by atoms with Crippen LogP contribution in [0.3, 0.4) is 0 Å². The van der Waals surface area contributed by atoms with E-state index in [-0.39, 0.29) is 16.7 Å². The molecule has 0 radical (unpaired) electrons. The number of para-hydroxylation sites is 1. The molecule has 0 N–H and O–H groups in total. The molecule has 1 unspecified atom stereocenters. The van der Waals surface area contributed by atoms with Gasteiger partial charge in [-0.1, -0.05) is 30.0 Å². The molecule has 2 aromatic heterocycles. The minimum Gasteiger partial charge on any atom is -0.348 e. The molecule has 3 heterocycles. The lowest BCUT2D eigenvalue weighted by molar-refractivity contribution is -0.387. The van der Waals surface area contributed by atoms with Crippen LogP contribution in [0.5, 0.6) is 0 Å². The van der Waals surface area contributed by atoms with Gasteiger partial charge in [-0.25, -0.2) is 9.97 Å². The molecule has 0 saturated carbocycles. The number of benzene rings is 1. The Balaban J connectivity index is 1.79. The molecule has 3 aromatic rings.